The summed E-state index contributed by atoms with van der Waals surface area (Å²) in [5.74, 6) is 0.736. The molecule has 0 radical (unpaired) electrons. The maximum Gasteiger partial charge on any atom is 0.287 e. The summed E-state index contributed by atoms with van der Waals surface area (Å²) in [6, 6.07) is 16.2. The van der Waals surface area contributed by atoms with Crippen molar-refractivity contribution in [2.45, 2.75) is 24.6 Å². The average Bonchev–Trinajstić information content (AvgIpc) is 2.55. The summed E-state index contributed by atoms with van der Waals surface area (Å²) in [4.78, 5) is 16.9. The number of aromatic nitrogens is 2. The van der Waals surface area contributed by atoms with Gasteiger partial charge in [-0.25, -0.2) is 4.98 Å². The first-order valence-electron chi connectivity index (χ1n) is 7.46. The molecule has 116 valence electrons. The minimum Gasteiger partial charge on any atom is -0.280 e. The third-order valence-corrected chi connectivity index (χ3v) is 4.62. The van der Waals surface area contributed by atoms with Crippen LogP contribution in [-0.4, -0.2) is 9.55 Å². The van der Waals surface area contributed by atoms with Gasteiger partial charge in [-0.05, 0) is 37.1 Å². The van der Waals surface area contributed by atoms with E-state index in [-0.39, 0.29) is 5.56 Å². The molecule has 0 N–H and O–H groups in total. The van der Waals surface area contributed by atoms with E-state index in [0.29, 0.717) is 5.03 Å². The lowest BCUT2D eigenvalue weighted by atomic mass is 10.2. The Morgan fingerprint density at radius 1 is 1.04 bits per heavy atom. The Morgan fingerprint density at radius 3 is 2.57 bits per heavy atom. The molecule has 0 bridgehead atoms. The van der Waals surface area contributed by atoms with Crippen LogP contribution in [0.25, 0.3) is 5.69 Å². The van der Waals surface area contributed by atoms with Gasteiger partial charge in [0.15, 0.2) is 5.03 Å². The van der Waals surface area contributed by atoms with Gasteiger partial charge in [0, 0.05) is 23.8 Å². The number of thioether (sulfide) groups is 1. The van der Waals surface area contributed by atoms with E-state index in [2.05, 4.69) is 36.2 Å². The van der Waals surface area contributed by atoms with Crippen LogP contribution in [0.5, 0.6) is 0 Å². The van der Waals surface area contributed by atoms with E-state index >= 15 is 0 Å². The molecule has 0 saturated carbocycles. The molecule has 0 fully saturated rings. The van der Waals surface area contributed by atoms with E-state index in [1.54, 1.807) is 17.0 Å². The molecule has 0 unspecified atom stereocenters. The van der Waals surface area contributed by atoms with E-state index in [1.165, 1.54) is 22.9 Å². The molecule has 0 spiro atoms. The van der Waals surface area contributed by atoms with Crippen molar-refractivity contribution in [3.8, 4) is 5.69 Å². The van der Waals surface area contributed by atoms with E-state index in [0.717, 1.165) is 17.0 Å². The van der Waals surface area contributed by atoms with Crippen molar-refractivity contribution in [1.82, 2.24) is 9.55 Å². The number of nitrogens with zero attached hydrogens (tertiary/aromatic N) is 2. The van der Waals surface area contributed by atoms with E-state index in [9.17, 15) is 4.79 Å². The average molecular weight is 322 g/mol. The molecule has 0 amide bonds. The standard InChI is InChI=1S/C19H18N2OS/c1-14-6-8-16(9-7-14)13-23-18-19(22)21(11-10-20-18)17-5-3-4-15(2)12-17/h3-12H,13H2,1-2H3. The SMILES string of the molecule is Cc1ccc(CSc2nccn(-c3cccc(C)c3)c2=O)cc1. The van der Waals surface area contributed by atoms with Gasteiger partial charge in [-0.3, -0.25) is 9.36 Å². The van der Waals surface area contributed by atoms with Crippen molar-refractivity contribution in [2.24, 2.45) is 0 Å². The fourth-order valence-corrected chi connectivity index (χ4v) is 3.16. The molecule has 3 rings (SSSR count). The Balaban J connectivity index is 1.85. The lowest BCUT2D eigenvalue weighted by Gasteiger charge is -2.08. The van der Waals surface area contributed by atoms with Crippen LogP contribution in [0.15, 0.2) is 70.7 Å². The van der Waals surface area contributed by atoms with Gasteiger partial charge in [0.1, 0.15) is 0 Å². The highest BCUT2D eigenvalue weighted by Gasteiger charge is 2.07. The van der Waals surface area contributed by atoms with E-state index in [4.69, 9.17) is 0 Å². The second-order valence-electron chi connectivity index (χ2n) is 5.52. The smallest absolute Gasteiger partial charge is 0.280 e. The van der Waals surface area contributed by atoms with Crippen LogP contribution in [0.4, 0.5) is 0 Å². The molecule has 0 aliphatic heterocycles. The van der Waals surface area contributed by atoms with Crippen LogP contribution in [0.3, 0.4) is 0 Å². The molecule has 1 heterocycles. The highest BCUT2D eigenvalue weighted by Crippen LogP contribution is 2.18. The predicted octanol–water partition coefficient (Wildman–Crippen LogP) is 4.14. The molecule has 0 atom stereocenters. The third kappa shape index (κ3) is 3.71. The van der Waals surface area contributed by atoms with Crippen LogP contribution in [0.2, 0.25) is 0 Å². The van der Waals surface area contributed by atoms with Gasteiger partial charge in [-0.2, -0.15) is 0 Å². The fraction of sp³-hybridized carbons (Fsp3) is 0.158. The van der Waals surface area contributed by atoms with Crippen molar-refractivity contribution in [3.63, 3.8) is 0 Å². The van der Waals surface area contributed by atoms with Crippen LogP contribution in [-0.2, 0) is 5.75 Å². The zero-order chi connectivity index (χ0) is 16.2. The van der Waals surface area contributed by atoms with Crippen molar-refractivity contribution < 1.29 is 0 Å². The second kappa shape index (κ2) is 6.84. The van der Waals surface area contributed by atoms with Crippen LogP contribution < -0.4 is 5.56 Å². The summed E-state index contributed by atoms with van der Waals surface area (Å²) >= 11 is 1.47. The van der Waals surface area contributed by atoms with Crippen molar-refractivity contribution in [1.29, 1.82) is 0 Å². The van der Waals surface area contributed by atoms with Gasteiger partial charge in [0.05, 0.1) is 0 Å². The molecule has 4 heteroatoms. The first-order valence-corrected chi connectivity index (χ1v) is 8.45. The summed E-state index contributed by atoms with van der Waals surface area (Å²) in [5.41, 5.74) is 4.34. The zero-order valence-electron chi connectivity index (χ0n) is 13.2. The number of rotatable bonds is 4. The Bertz CT molecular complexity index is 869. The van der Waals surface area contributed by atoms with Crippen LogP contribution >= 0.6 is 11.8 Å². The van der Waals surface area contributed by atoms with E-state index < -0.39 is 0 Å². The molecule has 2 aromatic carbocycles. The lowest BCUT2D eigenvalue weighted by molar-refractivity contribution is 0.881. The van der Waals surface area contributed by atoms with Crippen molar-refractivity contribution in [2.75, 3.05) is 0 Å². The Hall–Kier alpha value is -2.33. The Kier molecular flexibility index (Phi) is 4.63. The largest absolute Gasteiger partial charge is 0.287 e. The highest BCUT2D eigenvalue weighted by molar-refractivity contribution is 7.98. The van der Waals surface area contributed by atoms with Gasteiger partial charge >= 0.3 is 0 Å². The van der Waals surface area contributed by atoms with Crippen LogP contribution in [0, 0.1) is 13.8 Å². The Morgan fingerprint density at radius 2 is 1.83 bits per heavy atom. The quantitative estimate of drug-likeness (QED) is 0.677. The lowest BCUT2D eigenvalue weighted by Crippen LogP contribution is -2.20. The molecule has 3 aromatic rings. The Labute approximate surface area is 140 Å². The summed E-state index contributed by atoms with van der Waals surface area (Å²) < 4.78 is 1.65. The summed E-state index contributed by atoms with van der Waals surface area (Å²) in [6.07, 6.45) is 3.40. The topological polar surface area (TPSA) is 34.9 Å². The predicted molar refractivity (Wildman–Crippen MR) is 95.3 cm³/mol. The molecule has 3 nitrogen and oxygen atoms in total. The summed E-state index contributed by atoms with van der Waals surface area (Å²) in [6.45, 7) is 4.08. The molecule has 0 saturated heterocycles. The fourth-order valence-electron chi connectivity index (χ4n) is 2.31. The second-order valence-corrected chi connectivity index (χ2v) is 6.48. The van der Waals surface area contributed by atoms with Gasteiger partial charge in [0.2, 0.25) is 0 Å². The van der Waals surface area contributed by atoms with Gasteiger partial charge in [-0.15, -0.1) is 0 Å². The van der Waals surface area contributed by atoms with Gasteiger partial charge in [-0.1, -0.05) is 53.7 Å². The third-order valence-electron chi connectivity index (χ3n) is 3.59. The number of benzene rings is 2. The maximum atomic E-state index is 12.6. The normalized spacial score (nSPS) is 10.7. The first-order chi connectivity index (χ1) is 11.1. The molecule has 1 aromatic heterocycles. The number of aryl methyl sites for hydroxylation is 2. The minimum absolute atomic E-state index is 0.0739. The van der Waals surface area contributed by atoms with Crippen LogP contribution in [0.1, 0.15) is 16.7 Å². The monoisotopic (exact) mass is 322 g/mol. The van der Waals surface area contributed by atoms with Gasteiger partial charge < -0.3 is 0 Å². The molecule has 0 aliphatic rings. The first kappa shape index (κ1) is 15.6. The molecule has 23 heavy (non-hydrogen) atoms. The van der Waals surface area contributed by atoms with Crippen molar-refractivity contribution in [3.05, 3.63) is 88.0 Å². The zero-order valence-corrected chi connectivity index (χ0v) is 14.0. The molecule has 0 aliphatic carbocycles. The number of hydrogen-bond acceptors (Lipinski definition) is 3. The maximum absolute atomic E-state index is 12.6. The van der Waals surface area contributed by atoms with Crippen molar-refractivity contribution >= 4 is 11.8 Å². The summed E-state index contributed by atoms with van der Waals surface area (Å²) in [7, 11) is 0. The molecular weight excluding hydrogens is 304 g/mol. The molecular formula is C19H18N2OS. The van der Waals surface area contributed by atoms with Gasteiger partial charge in [0.25, 0.3) is 5.56 Å². The number of hydrogen-bond donors (Lipinski definition) is 0. The summed E-state index contributed by atoms with van der Waals surface area (Å²) in [5, 5.41) is 0.523. The highest BCUT2D eigenvalue weighted by atomic mass is 32.2. The minimum atomic E-state index is -0.0739. The van der Waals surface area contributed by atoms with E-state index in [1.807, 2.05) is 31.2 Å².